The van der Waals surface area contributed by atoms with Gasteiger partial charge in [0.1, 0.15) is 17.7 Å². The van der Waals surface area contributed by atoms with Crippen molar-refractivity contribution in [2.75, 3.05) is 17.2 Å². The van der Waals surface area contributed by atoms with Crippen LogP contribution in [0, 0.1) is 0 Å². The molecule has 0 unspecified atom stereocenters. The Morgan fingerprint density at radius 1 is 0.943 bits per heavy atom. The van der Waals surface area contributed by atoms with Crippen molar-refractivity contribution in [1.82, 2.24) is 15.3 Å². The van der Waals surface area contributed by atoms with E-state index in [0.717, 1.165) is 5.82 Å². The number of aliphatic carboxylic acids is 1. The predicted molar refractivity (Wildman–Crippen MR) is 134 cm³/mol. The van der Waals surface area contributed by atoms with Crippen molar-refractivity contribution in [1.29, 1.82) is 0 Å². The van der Waals surface area contributed by atoms with E-state index in [4.69, 9.17) is 23.2 Å². The molecule has 3 aromatic rings. The topological polar surface area (TPSA) is 133 Å². The lowest BCUT2D eigenvalue weighted by Crippen LogP contribution is -2.42. The highest BCUT2D eigenvalue weighted by atomic mass is 35.5. The number of hydrogen-bond donors (Lipinski definition) is 4. The number of aromatic nitrogens is 2. The molecule has 0 bridgehead atoms. The van der Waals surface area contributed by atoms with Crippen LogP contribution in [0.3, 0.4) is 0 Å². The predicted octanol–water partition coefficient (Wildman–Crippen LogP) is 4.04. The van der Waals surface area contributed by atoms with Gasteiger partial charge in [-0.1, -0.05) is 41.4 Å². The summed E-state index contributed by atoms with van der Waals surface area (Å²) >= 11 is 12.1. The molecule has 0 radical (unpaired) electrons. The van der Waals surface area contributed by atoms with Gasteiger partial charge in [0.15, 0.2) is 0 Å². The third kappa shape index (κ3) is 7.94. The molecule has 2 heterocycles. The highest BCUT2D eigenvalue weighted by molar-refractivity contribution is 6.39. The van der Waals surface area contributed by atoms with Gasteiger partial charge in [-0.2, -0.15) is 0 Å². The Kier molecular flexibility index (Phi) is 9.39. The lowest BCUT2D eigenvalue weighted by Gasteiger charge is -2.16. The zero-order chi connectivity index (χ0) is 25.2. The van der Waals surface area contributed by atoms with Crippen molar-refractivity contribution < 1.29 is 19.5 Å². The number of nitrogens with zero attached hydrogens (tertiary/aromatic N) is 2. The Hall–Kier alpha value is -3.69. The quantitative estimate of drug-likeness (QED) is 0.283. The molecule has 0 aliphatic heterocycles. The molecular weight excluding hydrogens is 493 g/mol. The number of carbonyl (C=O) groups is 3. The van der Waals surface area contributed by atoms with E-state index in [-0.39, 0.29) is 27.9 Å². The number of benzene rings is 1. The number of carboxylic acids is 1. The number of hydrogen-bond acceptors (Lipinski definition) is 6. The van der Waals surface area contributed by atoms with Crippen LogP contribution in [0.15, 0.2) is 60.9 Å². The number of carbonyl (C=O) groups excluding carboxylic acids is 2. The molecule has 1 atom stereocenters. The third-order valence-electron chi connectivity index (χ3n) is 4.88. The Morgan fingerprint density at radius 2 is 1.71 bits per heavy atom. The molecule has 0 saturated heterocycles. The molecule has 1 aromatic carbocycles. The fraction of sp³-hybridized carbons (Fsp3) is 0.208. The van der Waals surface area contributed by atoms with E-state index in [1.807, 2.05) is 18.2 Å². The molecule has 0 spiro atoms. The summed E-state index contributed by atoms with van der Waals surface area (Å²) in [6.45, 7) is 0.596. The van der Waals surface area contributed by atoms with E-state index in [1.165, 1.54) is 18.3 Å². The van der Waals surface area contributed by atoms with Crippen LogP contribution in [0.2, 0.25) is 10.0 Å². The summed E-state index contributed by atoms with van der Waals surface area (Å²) in [5, 5.41) is 18.1. The Balaban J connectivity index is 1.49. The first-order valence-corrected chi connectivity index (χ1v) is 11.5. The largest absolute Gasteiger partial charge is 0.480 e. The van der Waals surface area contributed by atoms with Crippen LogP contribution >= 0.6 is 23.2 Å². The SMILES string of the molecule is O=C(CCCNc1ccccn1)Nc1ccc(C[C@H](NC(=O)c2c(Cl)cccc2Cl)C(=O)O)cn1. The first kappa shape index (κ1) is 25.9. The Morgan fingerprint density at radius 3 is 2.34 bits per heavy atom. The maximum Gasteiger partial charge on any atom is 0.326 e. The van der Waals surface area contributed by atoms with Crippen molar-refractivity contribution in [2.24, 2.45) is 0 Å². The number of pyridine rings is 2. The molecule has 0 aliphatic rings. The second kappa shape index (κ2) is 12.7. The number of halogens is 2. The maximum atomic E-state index is 12.5. The van der Waals surface area contributed by atoms with E-state index in [0.29, 0.717) is 30.8 Å². The van der Waals surface area contributed by atoms with E-state index in [9.17, 15) is 19.5 Å². The molecule has 0 aliphatic carbocycles. The average molecular weight is 516 g/mol. The first-order chi connectivity index (χ1) is 16.8. The van der Waals surface area contributed by atoms with Gasteiger partial charge < -0.3 is 21.1 Å². The monoisotopic (exact) mass is 515 g/mol. The molecule has 3 rings (SSSR count). The molecule has 4 N–H and O–H groups in total. The summed E-state index contributed by atoms with van der Waals surface area (Å²) in [4.78, 5) is 44.7. The second-order valence-corrected chi connectivity index (χ2v) is 8.32. The van der Waals surface area contributed by atoms with Crippen molar-refractivity contribution in [3.8, 4) is 0 Å². The van der Waals surface area contributed by atoms with Crippen LogP contribution < -0.4 is 16.0 Å². The second-order valence-electron chi connectivity index (χ2n) is 7.51. The molecule has 0 saturated carbocycles. The zero-order valence-corrected chi connectivity index (χ0v) is 20.0. The lowest BCUT2D eigenvalue weighted by atomic mass is 10.1. The van der Waals surface area contributed by atoms with E-state index in [2.05, 4.69) is 25.9 Å². The standard InChI is InChI=1S/C24H23Cl2N5O4/c25-16-5-3-6-17(26)22(16)23(33)30-18(24(34)35)13-15-9-10-20(29-14-15)31-21(32)8-4-12-28-19-7-1-2-11-27-19/h1-3,5-7,9-11,14,18H,4,8,12-13H2,(H,27,28)(H,30,33)(H,34,35)(H,29,31,32)/t18-/m0/s1. The van der Waals surface area contributed by atoms with Gasteiger partial charge in [-0.3, -0.25) is 9.59 Å². The number of nitrogens with one attached hydrogen (secondary N) is 3. The zero-order valence-electron chi connectivity index (χ0n) is 18.5. The van der Waals surface area contributed by atoms with Gasteiger partial charge in [-0.15, -0.1) is 0 Å². The Labute approximate surface area is 211 Å². The average Bonchev–Trinajstić information content (AvgIpc) is 2.83. The van der Waals surface area contributed by atoms with Crippen molar-refractivity contribution in [2.45, 2.75) is 25.3 Å². The van der Waals surface area contributed by atoms with Gasteiger partial charge in [0.25, 0.3) is 5.91 Å². The fourth-order valence-electron chi connectivity index (χ4n) is 3.14. The van der Waals surface area contributed by atoms with Gasteiger partial charge in [-0.25, -0.2) is 14.8 Å². The minimum Gasteiger partial charge on any atom is -0.480 e. The molecule has 35 heavy (non-hydrogen) atoms. The van der Waals surface area contributed by atoms with E-state index >= 15 is 0 Å². The molecular formula is C24H23Cl2N5O4. The fourth-order valence-corrected chi connectivity index (χ4v) is 3.71. The van der Waals surface area contributed by atoms with Gasteiger partial charge in [0.05, 0.1) is 15.6 Å². The summed E-state index contributed by atoms with van der Waals surface area (Å²) in [6, 6.07) is 12.1. The van der Waals surface area contributed by atoms with Crippen molar-refractivity contribution >= 4 is 52.6 Å². The van der Waals surface area contributed by atoms with Gasteiger partial charge in [-0.05, 0) is 42.3 Å². The van der Waals surface area contributed by atoms with Crippen molar-refractivity contribution in [3.63, 3.8) is 0 Å². The molecule has 2 aromatic heterocycles. The summed E-state index contributed by atoms with van der Waals surface area (Å²) in [6.07, 6.45) is 4.01. The smallest absolute Gasteiger partial charge is 0.326 e. The van der Waals surface area contributed by atoms with Crippen LogP contribution in [0.4, 0.5) is 11.6 Å². The highest BCUT2D eigenvalue weighted by Crippen LogP contribution is 2.24. The summed E-state index contributed by atoms with van der Waals surface area (Å²) in [7, 11) is 0. The highest BCUT2D eigenvalue weighted by Gasteiger charge is 2.24. The molecule has 0 fully saturated rings. The molecule has 9 nitrogen and oxygen atoms in total. The van der Waals surface area contributed by atoms with Crippen LogP contribution in [-0.2, 0) is 16.0 Å². The van der Waals surface area contributed by atoms with E-state index in [1.54, 1.807) is 24.4 Å². The Bertz CT molecular complexity index is 1160. The van der Waals surface area contributed by atoms with Crippen LogP contribution in [0.25, 0.3) is 0 Å². The summed E-state index contributed by atoms with van der Waals surface area (Å²) in [5.74, 6) is -1.02. The third-order valence-corrected chi connectivity index (χ3v) is 5.51. The molecule has 182 valence electrons. The van der Waals surface area contributed by atoms with Crippen LogP contribution in [-0.4, -0.2) is 45.4 Å². The molecule has 2 amide bonds. The van der Waals surface area contributed by atoms with E-state index < -0.39 is 17.9 Å². The number of carboxylic acid groups (broad SMARTS) is 1. The maximum absolute atomic E-state index is 12.5. The summed E-state index contributed by atoms with van der Waals surface area (Å²) in [5.41, 5.74) is 0.564. The summed E-state index contributed by atoms with van der Waals surface area (Å²) < 4.78 is 0. The number of amides is 2. The van der Waals surface area contributed by atoms with Crippen LogP contribution in [0.5, 0.6) is 0 Å². The number of rotatable bonds is 11. The van der Waals surface area contributed by atoms with Crippen molar-refractivity contribution in [3.05, 3.63) is 82.1 Å². The first-order valence-electron chi connectivity index (χ1n) is 10.7. The van der Waals surface area contributed by atoms with Gasteiger partial charge in [0, 0.05) is 31.8 Å². The molecule has 11 heteroatoms. The van der Waals surface area contributed by atoms with Gasteiger partial charge in [0.2, 0.25) is 5.91 Å². The van der Waals surface area contributed by atoms with Crippen LogP contribution in [0.1, 0.15) is 28.8 Å². The minimum absolute atomic E-state index is 0.00787. The van der Waals surface area contributed by atoms with Gasteiger partial charge >= 0.3 is 5.97 Å². The minimum atomic E-state index is -1.23. The normalized spacial score (nSPS) is 11.4. The lowest BCUT2D eigenvalue weighted by molar-refractivity contribution is -0.139. The number of anilines is 2.